The van der Waals surface area contributed by atoms with Gasteiger partial charge in [0.05, 0.1) is 37.4 Å². The Balaban J connectivity index is 1.78. The van der Waals surface area contributed by atoms with Crippen LogP contribution >= 0.6 is 46.6 Å². The number of para-hydroxylation sites is 1. The number of thioether (sulfide) groups is 1. The number of amides is 1. The molecule has 0 bridgehead atoms. The third kappa shape index (κ3) is 6.16. The molecule has 3 aromatic rings. The number of aromatic nitrogens is 2. The maximum absolute atomic E-state index is 13.0. The number of hydrogen-bond donors (Lipinski definition) is 1. The minimum absolute atomic E-state index is 0.0658. The van der Waals surface area contributed by atoms with Gasteiger partial charge in [0.25, 0.3) is 5.56 Å². The van der Waals surface area contributed by atoms with Crippen LogP contribution in [0.15, 0.2) is 46.3 Å². The summed E-state index contributed by atoms with van der Waals surface area (Å²) in [7, 11) is 0. The molecule has 1 heterocycles. The molecule has 0 aliphatic heterocycles. The molecular formula is C22H22Cl3N3O2S. The molecule has 0 saturated carbocycles. The summed E-state index contributed by atoms with van der Waals surface area (Å²) >= 11 is 19.3. The van der Waals surface area contributed by atoms with Gasteiger partial charge in [0.1, 0.15) is 0 Å². The number of unbranched alkanes of at least 4 members (excludes halogenated alkanes) is 3. The SMILES string of the molecule is CCCCCCn1c(SCC(=O)Nc2cc(Cl)c(Cl)cc2Cl)nc2ccccc2c1=O. The van der Waals surface area contributed by atoms with Crippen molar-refractivity contribution in [3.8, 4) is 0 Å². The zero-order valence-corrected chi connectivity index (χ0v) is 20.0. The number of nitrogens with one attached hydrogen (secondary N) is 1. The minimum atomic E-state index is -0.287. The summed E-state index contributed by atoms with van der Waals surface area (Å²) in [5.41, 5.74) is 0.912. The molecule has 1 N–H and O–H groups in total. The molecule has 5 nitrogen and oxygen atoms in total. The minimum Gasteiger partial charge on any atom is -0.324 e. The second kappa shape index (κ2) is 11.2. The highest BCUT2D eigenvalue weighted by Gasteiger charge is 2.14. The highest BCUT2D eigenvalue weighted by atomic mass is 35.5. The van der Waals surface area contributed by atoms with Crippen LogP contribution in [0.25, 0.3) is 10.9 Å². The first-order chi connectivity index (χ1) is 14.9. The molecule has 0 fully saturated rings. The van der Waals surface area contributed by atoms with Crippen molar-refractivity contribution in [2.75, 3.05) is 11.1 Å². The van der Waals surface area contributed by atoms with E-state index < -0.39 is 0 Å². The third-order valence-corrected chi connectivity index (χ3v) is 6.69. The Kier molecular flexibility index (Phi) is 8.67. The quantitative estimate of drug-likeness (QED) is 0.155. The van der Waals surface area contributed by atoms with Crippen molar-refractivity contribution in [2.24, 2.45) is 0 Å². The number of carbonyl (C=O) groups excluding carboxylic acids is 1. The summed E-state index contributed by atoms with van der Waals surface area (Å²) in [6, 6.07) is 10.2. The van der Waals surface area contributed by atoms with Crippen molar-refractivity contribution >= 4 is 69.1 Å². The molecule has 164 valence electrons. The summed E-state index contributed by atoms with van der Waals surface area (Å²) < 4.78 is 1.67. The van der Waals surface area contributed by atoms with E-state index in [1.54, 1.807) is 16.7 Å². The van der Waals surface area contributed by atoms with Crippen molar-refractivity contribution in [3.05, 3.63) is 61.8 Å². The van der Waals surface area contributed by atoms with E-state index in [2.05, 4.69) is 17.2 Å². The van der Waals surface area contributed by atoms with Crippen LogP contribution in [-0.4, -0.2) is 21.2 Å². The maximum Gasteiger partial charge on any atom is 0.262 e. The van der Waals surface area contributed by atoms with Crippen LogP contribution in [0, 0.1) is 0 Å². The van der Waals surface area contributed by atoms with Crippen LogP contribution in [-0.2, 0) is 11.3 Å². The van der Waals surface area contributed by atoms with Gasteiger partial charge in [-0.3, -0.25) is 14.2 Å². The van der Waals surface area contributed by atoms with Crippen molar-refractivity contribution in [1.82, 2.24) is 9.55 Å². The van der Waals surface area contributed by atoms with Crippen molar-refractivity contribution in [1.29, 1.82) is 0 Å². The monoisotopic (exact) mass is 497 g/mol. The number of carbonyl (C=O) groups is 1. The van der Waals surface area contributed by atoms with Crippen LogP contribution in [0.1, 0.15) is 32.6 Å². The molecule has 1 aromatic heterocycles. The number of halogens is 3. The van der Waals surface area contributed by atoms with Crippen LogP contribution in [0.3, 0.4) is 0 Å². The first-order valence-electron chi connectivity index (χ1n) is 9.97. The number of anilines is 1. The Labute approximate surface area is 200 Å². The van der Waals surface area contributed by atoms with Crippen molar-refractivity contribution in [2.45, 2.75) is 44.3 Å². The largest absolute Gasteiger partial charge is 0.324 e. The lowest BCUT2D eigenvalue weighted by Crippen LogP contribution is -2.24. The molecule has 1 amide bonds. The van der Waals surface area contributed by atoms with Gasteiger partial charge in [0.2, 0.25) is 5.91 Å². The number of rotatable bonds is 9. The Morgan fingerprint density at radius 1 is 1.06 bits per heavy atom. The predicted octanol–water partition coefficient (Wildman–Crippen LogP) is 6.67. The molecule has 0 spiro atoms. The fourth-order valence-electron chi connectivity index (χ4n) is 3.09. The first kappa shape index (κ1) is 23.9. The van der Waals surface area contributed by atoms with Gasteiger partial charge in [-0.15, -0.1) is 0 Å². The summed E-state index contributed by atoms with van der Waals surface area (Å²) in [6.45, 7) is 2.71. The Morgan fingerprint density at radius 3 is 2.58 bits per heavy atom. The lowest BCUT2D eigenvalue weighted by Gasteiger charge is -2.13. The lowest BCUT2D eigenvalue weighted by molar-refractivity contribution is -0.113. The highest BCUT2D eigenvalue weighted by Crippen LogP contribution is 2.32. The van der Waals surface area contributed by atoms with E-state index >= 15 is 0 Å². The van der Waals surface area contributed by atoms with Gasteiger partial charge >= 0.3 is 0 Å². The van der Waals surface area contributed by atoms with Gasteiger partial charge in [0.15, 0.2) is 5.16 Å². The smallest absolute Gasteiger partial charge is 0.262 e. The van der Waals surface area contributed by atoms with Crippen molar-refractivity contribution < 1.29 is 4.79 Å². The lowest BCUT2D eigenvalue weighted by atomic mass is 10.2. The van der Waals surface area contributed by atoms with E-state index in [9.17, 15) is 9.59 Å². The zero-order chi connectivity index (χ0) is 22.4. The van der Waals surface area contributed by atoms with E-state index in [1.165, 1.54) is 23.9 Å². The zero-order valence-electron chi connectivity index (χ0n) is 17.0. The van der Waals surface area contributed by atoms with Crippen LogP contribution < -0.4 is 10.9 Å². The third-order valence-electron chi connectivity index (χ3n) is 4.68. The van der Waals surface area contributed by atoms with Crippen LogP contribution in [0.5, 0.6) is 0 Å². The molecule has 9 heteroatoms. The molecule has 2 aromatic carbocycles. The van der Waals surface area contributed by atoms with E-state index in [1.807, 2.05) is 12.1 Å². The number of fused-ring (bicyclic) bond motifs is 1. The summed E-state index contributed by atoms with van der Waals surface area (Å²) in [4.78, 5) is 30.2. The topological polar surface area (TPSA) is 64.0 Å². The number of benzene rings is 2. The average molecular weight is 499 g/mol. The second-order valence-electron chi connectivity index (χ2n) is 7.01. The van der Waals surface area contributed by atoms with Crippen LogP contribution in [0.2, 0.25) is 15.1 Å². The molecule has 0 aliphatic rings. The summed E-state index contributed by atoms with van der Waals surface area (Å²) in [5, 5.41) is 4.74. The van der Waals surface area contributed by atoms with Crippen LogP contribution in [0.4, 0.5) is 5.69 Å². The van der Waals surface area contributed by atoms with Gasteiger partial charge < -0.3 is 5.32 Å². The molecular weight excluding hydrogens is 477 g/mol. The number of hydrogen-bond acceptors (Lipinski definition) is 4. The molecule has 0 atom stereocenters. The predicted molar refractivity (Wildman–Crippen MR) is 131 cm³/mol. The summed E-state index contributed by atoms with van der Waals surface area (Å²) in [5.74, 6) is -0.221. The van der Waals surface area contributed by atoms with Gasteiger partial charge in [0, 0.05) is 6.54 Å². The molecule has 31 heavy (non-hydrogen) atoms. The van der Waals surface area contributed by atoms with Gasteiger partial charge in [-0.05, 0) is 30.7 Å². The normalized spacial score (nSPS) is 11.1. The second-order valence-corrected chi connectivity index (χ2v) is 9.18. The molecule has 0 aliphatic carbocycles. The molecule has 0 radical (unpaired) electrons. The van der Waals surface area contributed by atoms with Gasteiger partial charge in [-0.25, -0.2) is 4.98 Å². The Bertz CT molecular complexity index is 1150. The maximum atomic E-state index is 13.0. The van der Waals surface area contributed by atoms with E-state index in [0.29, 0.717) is 43.4 Å². The van der Waals surface area contributed by atoms with Gasteiger partial charge in [-0.2, -0.15) is 0 Å². The molecule has 3 rings (SSSR count). The van der Waals surface area contributed by atoms with E-state index in [-0.39, 0.29) is 17.2 Å². The Hall–Kier alpha value is -1.73. The fourth-order valence-corrected chi connectivity index (χ4v) is 4.51. The fraction of sp³-hybridized carbons (Fsp3) is 0.318. The standard InChI is InChI=1S/C22H22Cl3N3O2S/c1-2-3-4-7-10-28-21(30)14-8-5-6-9-18(14)27-22(28)31-13-20(29)26-19-12-16(24)15(23)11-17(19)25/h5-6,8-9,11-12H,2-4,7,10,13H2,1H3,(H,26,29). The van der Waals surface area contributed by atoms with Crippen molar-refractivity contribution in [3.63, 3.8) is 0 Å². The van der Waals surface area contributed by atoms with Gasteiger partial charge in [-0.1, -0.05) is 84.9 Å². The van der Waals surface area contributed by atoms with E-state index in [4.69, 9.17) is 34.8 Å². The average Bonchev–Trinajstić information content (AvgIpc) is 2.75. The number of nitrogens with zero attached hydrogens (tertiary/aromatic N) is 2. The first-order valence-corrected chi connectivity index (χ1v) is 12.1. The summed E-state index contributed by atoms with van der Waals surface area (Å²) in [6.07, 6.45) is 4.15. The molecule has 0 saturated heterocycles. The molecule has 0 unspecified atom stereocenters. The Morgan fingerprint density at radius 2 is 1.81 bits per heavy atom. The highest BCUT2D eigenvalue weighted by molar-refractivity contribution is 7.99. The van der Waals surface area contributed by atoms with E-state index in [0.717, 1.165) is 25.7 Å².